The third-order valence-corrected chi connectivity index (χ3v) is 7.17. The van der Waals surface area contributed by atoms with Gasteiger partial charge < -0.3 is 0 Å². The van der Waals surface area contributed by atoms with E-state index in [1.54, 1.807) is 0 Å². The lowest BCUT2D eigenvalue weighted by Gasteiger charge is -2.28. The second-order valence-corrected chi connectivity index (χ2v) is 9.00. The Labute approximate surface area is 132 Å². The third kappa shape index (κ3) is 3.94. The van der Waals surface area contributed by atoms with Crippen LogP contribution in [-0.2, 0) is 10.0 Å². The minimum Gasteiger partial charge on any atom is -0.258 e. The Bertz CT molecular complexity index is 629. The maximum absolute atomic E-state index is 12.2. The van der Waals surface area contributed by atoms with Gasteiger partial charge in [-0.15, -0.1) is 11.3 Å². The minimum absolute atomic E-state index is 0.109. The number of rotatable bonds is 5. The molecule has 2 unspecified atom stereocenters. The Morgan fingerprint density at radius 2 is 2.14 bits per heavy atom. The van der Waals surface area contributed by atoms with E-state index in [0.717, 1.165) is 25.3 Å². The monoisotopic (exact) mass is 352 g/mol. The van der Waals surface area contributed by atoms with Crippen LogP contribution < -0.4 is 4.72 Å². The quantitative estimate of drug-likeness (QED) is 0.649. The predicted molar refractivity (Wildman–Crippen MR) is 82.3 cm³/mol. The van der Waals surface area contributed by atoms with Crippen molar-refractivity contribution < 1.29 is 13.3 Å². The molecule has 0 radical (unpaired) electrons. The number of sulfonamides is 1. The largest absolute Gasteiger partial charge is 0.300 e. The first kappa shape index (κ1) is 16.7. The topological polar surface area (TPSA) is 89.3 Å². The van der Waals surface area contributed by atoms with E-state index in [4.69, 9.17) is 11.6 Å². The van der Waals surface area contributed by atoms with E-state index in [-0.39, 0.29) is 14.2 Å². The maximum atomic E-state index is 12.2. The van der Waals surface area contributed by atoms with Crippen LogP contribution in [0.2, 0.25) is 4.34 Å². The van der Waals surface area contributed by atoms with Crippen LogP contribution in [0.25, 0.3) is 0 Å². The van der Waals surface area contributed by atoms with E-state index in [1.807, 2.05) is 0 Å². The second-order valence-electron chi connectivity index (χ2n) is 5.36. The Balaban J connectivity index is 2.08. The first-order valence-corrected chi connectivity index (χ1v) is 9.42. The van der Waals surface area contributed by atoms with E-state index in [1.165, 1.54) is 6.42 Å². The fourth-order valence-electron chi connectivity index (χ4n) is 2.58. The average molecular weight is 353 g/mol. The van der Waals surface area contributed by atoms with Gasteiger partial charge in [0, 0.05) is 12.6 Å². The first-order chi connectivity index (χ1) is 9.81. The number of nitrogens with zero attached hydrogens (tertiary/aromatic N) is 1. The van der Waals surface area contributed by atoms with Crippen LogP contribution >= 0.6 is 22.9 Å². The van der Waals surface area contributed by atoms with Gasteiger partial charge in [0.05, 0.1) is 4.92 Å². The van der Waals surface area contributed by atoms with Crippen molar-refractivity contribution in [1.82, 2.24) is 4.72 Å². The molecule has 21 heavy (non-hydrogen) atoms. The summed E-state index contributed by atoms with van der Waals surface area (Å²) in [5.41, 5.74) is -0.368. The van der Waals surface area contributed by atoms with Crippen molar-refractivity contribution in [2.45, 2.75) is 36.8 Å². The van der Waals surface area contributed by atoms with Crippen LogP contribution in [-0.4, -0.2) is 19.9 Å². The first-order valence-electron chi connectivity index (χ1n) is 6.74. The molecule has 1 aromatic heterocycles. The number of halogens is 1. The standard InChI is InChI=1S/C12H17ClN2O4S2/c1-8-4-2-3-5-9(8)7-14-21(18,19)11-6-10(15(16)17)12(13)20-11/h6,8-9,14H,2-5,7H2,1H3. The van der Waals surface area contributed by atoms with Gasteiger partial charge in [-0.25, -0.2) is 13.1 Å². The van der Waals surface area contributed by atoms with Gasteiger partial charge in [-0.3, -0.25) is 10.1 Å². The van der Waals surface area contributed by atoms with Gasteiger partial charge in [0.15, 0.2) is 4.34 Å². The van der Waals surface area contributed by atoms with Crippen LogP contribution in [0, 0.1) is 22.0 Å². The van der Waals surface area contributed by atoms with E-state index in [0.29, 0.717) is 29.7 Å². The summed E-state index contributed by atoms with van der Waals surface area (Å²) in [5, 5.41) is 10.7. The zero-order valence-corrected chi connectivity index (χ0v) is 13.9. The number of nitro groups is 1. The highest BCUT2D eigenvalue weighted by Gasteiger charge is 2.27. The Morgan fingerprint density at radius 3 is 2.71 bits per heavy atom. The minimum atomic E-state index is -3.74. The molecule has 0 amide bonds. The zero-order valence-electron chi connectivity index (χ0n) is 11.5. The molecule has 1 fully saturated rings. The molecule has 2 rings (SSSR count). The van der Waals surface area contributed by atoms with Crippen molar-refractivity contribution in [3.05, 3.63) is 20.5 Å². The molecular weight excluding hydrogens is 336 g/mol. The normalized spacial score (nSPS) is 23.1. The zero-order chi connectivity index (χ0) is 15.6. The van der Waals surface area contributed by atoms with Crippen molar-refractivity contribution >= 4 is 38.6 Å². The summed E-state index contributed by atoms with van der Waals surface area (Å²) in [5.74, 6) is 0.807. The predicted octanol–water partition coefficient (Wildman–Crippen LogP) is 3.41. The molecule has 0 aliphatic heterocycles. The molecule has 0 saturated heterocycles. The van der Waals surface area contributed by atoms with E-state index < -0.39 is 14.9 Å². The summed E-state index contributed by atoms with van der Waals surface area (Å²) in [6.07, 6.45) is 4.43. The fourth-order valence-corrected chi connectivity index (χ4v) is 5.38. The Morgan fingerprint density at radius 1 is 1.48 bits per heavy atom. The molecule has 1 aromatic rings. The van der Waals surface area contributed by atoms with Gasteiger partial charge in [-0.05, 0) is 18.3 Å². The van der Waals surface area contributed by atoms with Gasteiger partial charge >= 0.3 is 0 Å². The molecule has 9 heteroatoms. The fraction of sp³-hybridized carbons (Fsp3) is 0.667. The summed E-state index contributed by atoms with van der Waals surface area (Å²) >= 11 is 6.41. The van der Waals surface area contributed by atoms with Crippen LogP contribution in [0.15, 0.2) is 10.3 Å². The highest BCUT2D eigenvalue weighted by molar-refractivity contribution is 7.91. The molecule has 0 bridgehead atoms. The number of nitrogens with one attached hydrogen (secondary N) is 1. The molecule has 0 spiro atoms. The maximum Gasteiger partial charge on any atom is 0.300 e. The number of thiophene rings is 1. The van der Waals surface area contributed by atoms with Crippen molar-refractivity contribution in [3.8, 4) is 0 Å². The SMILES string of the molecule is CC1CCCCC1CNS(=O)(=O)c1cc([N+](=O)[O-])c(Cl)s1. The molecule has 0 aromatic carbocycles. The van der Waals surface area contributed by atoms with Gasteiger partial charge in [0.1, 0.15) is 4.21 Å². The molecule has 1 saturated carbocycles. The molecule has 118 valence electrons. The molecule has 2 atom stereocenters. The number of hydrogen-bond donors (Lipinski definition) is 1. The van der Waals surface area contributed by atoms with Crippen molar-refractivity contribution in [3.63, 3.8) is 0 Å². The van der Waals surface area contributed by atoms with E-state index in [9.17, 15) is 18.5 Å². The van der Waals surface area contributed by atoms with Crippen LogP contribution in [0.4, 0.5) is 5.69 Å². The van der Waals surface area contributed by atoms with Crippen LogP contribution in [0.1, 0.15) is 32.6 Å². The van der Waals surface area contributed by atoms with Crippen molar-refractivity contribution in [1.29, 1.82) is 0 Å². The lowest BCUT2D eigenvalue weighted by Crippen LogP contribution is -2.33. The summed E-state index contributed by atoms with van der Waals surface area (Å²) in [6.45, 7) is 2.50. The van der Waals surface area contributed by atoms with E-state index >= 15 is 0 Å². The molecule has 1 aliphatic rings. The van der Waals surface area contributed by atoms with Gasteiger partial charge in [-0.1, -0.05) is 37.8 Å². The lowest BCUT2D eigenvalue weighted by atomic mass is 9.81. The molecule has 1 aliphatic carbocycles. The van der Waals surface area contributed by atoms with Gasteiger partial charge in [0.2, 0.25) is 10.0 Å². The second kappa shape index (κ2) is 6.60. The highest BCUT2D eigenvalue weighted by Crippen LogP contribution is 2.36. The summed E-state index contributed by atoms with van der Waals surface area (Å²) < 4.78 is 26.7. The molecule has 6 nitrogen and oxygen atoms in total. The van der Waals surface area contributed by atoms with Gasteiger partial charge in [-0.2, -0.15) is 0 Å². The third-order valence-electron chi connectivity index (χ3n) is 3.93. The van der Waals surface area contributed by atoms with Crippen molar-refractivity contribution in [2.75, 3.05) is 6.54 Å². The highest BCUT2D eigenvalue weighted by atomic mass is 35.5. The molecule has 1 N–H and O–H groups in total. The molecule has 1 heterocycles. The molecular formula is C12H17ClN2O4S2. The van der Waals surface area contributed by atoms with Crippen LogP contribution in [0.3, 0.4) is 0 Å². The Hall–Kier alpha value is -0.700. The lowest BCUT2D eigenvalue weighted by molar-refractivity contribution is -0.384. The number of hydrogen-bond acceptors (Lipinski definition) is 5. The Kier molecular flexibility index (Phi) is 5.24. The van der Waals surface area contributed by atoms with Crippen molar-refractivity contribution in [2.24, 2.45) is 11.8 Å². The van der Waals surface area contributed by atoms with Crippen LogP contribution in [0.5, 0.6) is 0 Å². The summed E-state index contributed by atoms with van der Waals surface area (Å²) in [4.78, 5) is 10.0. The smallest absolute Gasteiger partial charge is 0.258 e. The van der Waals surface area contributed by atoms with E-state index in [2.05, 4.69) is 11.6 Å². The summed E-state index contributed by atoms with van der Waals surface area (Å²) in [7, 11) is -3.74. The average Bonchev–Trinajstić information content (AvgIpc) is 2.81. The summed E-state index contributed by atoms with van der Waals surface area (Å²) in [6, 6.07) is 1.01. The van der Waals surface area contributed by atoms with Gasteiger partial charge in [0.25, 0.3) is 5.69 Å².